The van der Waals surface area contributed by atoms with Crippen molar-refractivity contribution in [2.24, 2.45) is 0 Å². The normalized spacial score (nSPS) is 15.5. The highest BCUT2D eigenvalue weighted by molar-refractivity contribution is 8.18. The molecule has 5 nitrogen and oxygen atoms in total. The van der Waals surface area contributed by atoms with E-state index in [4.69, 9.17) is 16.3 Å². The zero-order chi connectivity index (χ0) is 17.1. The topological polar surface area (TPSA) is 72.5 Å². The average molecular weight is 360 g/mol. The van der Waals surface area contributed by atoms with Crippen LogP contribution in [-0.4, -0.2) is 17.1 Å². The van der Waals surface area contributed by atoms with Gasteiger partial charge in [-0.15, -0.1) is 0 Å². The summed E-state index contributed by atoms with van der Waals surface area (Å²) in [5, 5.41) is 1.99. The van der Waals surface area contributed by atoms with Crippen LogP contribution in [0.2, 0.25) is 5.02 Å². The summed E-state index contributed by atoms with van der Waals surface area (Å²) >= 11 is 6.95. The van der Waals surface area contributed by atoms with E-state index in [2.05, 4.69) is 5.32 Å². The summed E-state index contributed by atoms with van der Waals surface area (Å²) in [6.45, 7) is 0. The first kappa shape index (κ1) is 16.3. The molecule has 7 heteroatoms. The number of ether oxygens (including phenoxy) is 1. The van der Waals surface area contributed by atoms with Crippen LogP contribution in [0.25, 0.3) is 6.08 Å². The van der Waals surface area contributed by atoms with E-state index in [-0.39, 0.29) is 15.7 Å². The Morgan fingerprint density at radius 2 is 1.88 bits per heavy atom. The standard InChI is InChI=1S/C17H10ClNO4S/c18-12-8-10(9-14-15(20)19-17(22)24-14)6-7-13(12)23-16(21)11-4-2-1-3-5-11/h1-9H,(H,19,20,22)/b14-9-. The van der Waals surface area contributed by atoms with Crippen LogP contribution in [0.5, 0.6) is 5.75 Å². The minimum absolute atomic E-state index is 0.215. The van der Waals surface area contributed by atoms with Gasteiger partial charge < -0.3 is 4.74 Å². The van der Waals surface area contributed by atoms with E-state index >= 15 is 0 Å². The van der Waals surface area contributed by atoms with Gasteiger partial charge in [-0.25, -0.2) is 4.79 Å². The molecule has 0 unspecified atom stereocenters. The Kier molecular flexibility index (Phi) is 4.69. The molecule has 0 saturated carbocycles. The Bertz CT molecular complexity index is 864. The number of thioether (sulfide) groups is 1. The lowest BCUT2D eigenvalue weighted by molar-refractivity contribution is -0.115. The predicted octanol–water partition coefficient (Wildman–Crippen LogP) is 3.88. The monoisotopic (exact) mass is 359 g/mol. The summed E-state index contributed by atoms with van der Waals surface area (Å²) in [4.78, 5) is 35.0. The van der Waals surface area contributed by atoms with Gasteiger partial charge in [0.05, 0.1) is 15.5 Å². The van der Waals surface area contributed by atoms with Crippen LogP contribution in [0.4, 0.5) is 4.79 Å². The second-order valence-corrected chi connectivity index (χ2v) is 6.22. The van der Waals surface area contributed by atoms with Crippen LogP contribution in [0.1, 0.15) is 15.9 Å². The Hall–Kier alpha value is -2.57. The van der Waals surface area contributed by atoms with Gasteiger partial charge in [0.25, 0.3) is 11.1 Å². The smallest absolute Gasteiger partial charge is 0.343 e. The molecule has 2 aromatic carbocycles. The van der Waals surface area contributed by atoms with Crippen molar-refractivity contribution < 1.29 is 19.1 Å². The number of amides is 2. The molecule has 0 aliphatic carbocycles. The first-order chi connectivity index (χ1) is 11.5. The largest absolute Gasteiger partial charge is 0.421 e. The van der Waals surface area contributed by atoms with E-state index in [1.165, 1.54) is 6.07 Å². The number of rotatable bonds is 3. The summed E-state index contributed by atoms with van der Waals surface area (Å²) in [5.41, 5.74) is 1.03. The van der Waals surface area contributed by atoms with Gasteiger partial charge in [-0.1, -0.05) is 35.9 Å². The molecule has 1 fully saturated rings. The molecule has 1 N–H and O–H groups in total. The highest BCUT2D eigenvalue weighted by atomic mass is 35.5. The number of hydrogen-bond donors (Lipinski definition) is 1. The molecule has 120 valence electrons. The van der Waals surface area contributed by atoms with Crippen molar-refractivity contribution in [1.29, 1.82) is 0 Å². The lowest BCUT2D eigenvalue weighted by Crippen LogP contribution is -2.17. The lowest BCUT2D eigenvalue weighted by Gasteiger charge is -2.07. The fourth-order valence-electron chi connectivity index (χ4n) is 2.00. The van der Waals surface area contributed by atoms with Crippen LogP contribution >= 0.6 is 23.4 Å². The minimum atomic E-state index is -0.514. The third kappa shape index (κ3) is 3.67. The van der Waals surface area contributed by atoms with E-state index < -0.39 is 17.1 Å². The summed E-state index contributed by atoms with van der Waals surface area (Å²) in [6, 6.07) is 13.3. The van der Waals surface area contributed by atoms with Crippen molar-refractivity contribution in [3.05, 3.63) is 69.6 Å². The first-order valence-electron chi connectivity index (χ1n) is 6.84. The van der Waals surface area contributed by atoms with Gasteiger partial charge in [0.15, 0.2) is 0 Å². The molecule has 0 atom stereocenters. The molecule has 0 spiro atoms. The molecule has 2 amide bonds. The molecule has 0 radical (unpaired) electrons. The van der Waals surface area contributed by atoms with Crippen LogP contribution < -0.4 is 10.1 Å². The first-order valence-corrected chi connectivity index (χ1v) is 8.04. The summed E-state index contributed by atoms with van der Waals surface area (Å²) < 4.78 is 5.26. The highest BCUT2D eigenvalue weighted by Crippen LogP contribution is 2.30. The van der Waals surface area contributed by atoms with Crippen molar-refractivity contribution in [2.45, 2.75) is 0 Å². The zero-order valence-corrected chi connectivity index (χ0v) is 13.7. The third-order valence-corrected chi connectivity index (χ3v) is 4.21. The van der Waals surface area contributed by atoms with Gasteiger partial charge in [-0.2, -0.15) is 0 Å². The number of hydrogen-bond acceptors (Lipinski definition) is 5. The van der Waals surface area contributed by atoms with Gasteiger partial charge in [0.1, 0.15) is 5.75 Å². The summed E-state index contributed by atoms with van der Waals surface area (Å²) in [5.74, 6) is -0.743. The van der Waals surface area contributed by atoms with Gasteiger partial charge in [-0.3, -0.25) is 14.9 Å². The molecule has 1 saturated heterocycles. The molecule has 1 aliphatic heterocycles. The van der Waals surface area contributed by atoms with Gasteiger partial charge in [-0.05, 0) is 47.7 Å². The molecule has 0 aromatic heterocycles. The predicted molar refractivity (Wildman–Crippen MR) is 92.0 cm³/mol. The van der Waals surface area contributed by atoms with E-state index in [1.54, 1.807) is 48.5 Å². The number of carbonyl (C=O) groups is 3. The average Bonchev–Trinajstić information content (AvgIpc) is 2.88. The van der Waals surface area contributed by atoms with Crippen molar-refractivity contribution in [1.82, 2.24) is 5.32 Å². The maximum absolute atomic E-state index is 12.0. The molecule has 3 rings (SSSR count). The number of benzene rings is 2. The van der Waals surface area contributed by atoms with Crippen LogP contribution in [0.15, 0.2) is 53.4 Å². The second kappa shape index (κ2) is 6.90. The minimum Gasteiger partial charge on any atom is -0.421 e. The van der Waals surface area contributed by atoms with Gasteiger partial charge in [0, 0.05) is 0 Å². The zero-order valence-electron chi connectivity index (χ0n) is 12.1. The number of halogens is 1. The molecule has 2 aromatic rings. The summed E-state index contributed by atoms with van der Waals surface area (Å²) in [7, 11) is 0. The Balaban J connectivity index is 1.78. The Morgan fingerprint density at radius 3 is 2.50 bits per heavy atom. The van der Waals surface area contributed by atoms with E-state index in [9.17, 15) is 14.4 Å². The fraction of sp³-hybridized carbons (Fsp3) is 0. The van der Waals surface area contributed by atoms with Gasteiger partial charge >= 0.3 is 5.97 Å². The quantitative estimate of drug-likeness (QED) is 0.511. The van der Waals surface area contributed by atoms with Crippen molar-refractivity contribution in [2.75, 3.05) is 0 Å². The second-order valence-electron chi connectivity index (χ2n) is 4.80. The number of carbonyl (C=O) groups excluding carboxylic acids is 3. The molecular formula is C17H10ClNO4S. The molecule has 0 bridgehead atoms. The number of esters is 1. The highest BCUT2D eigenvalue weighted by Gasteiger charge is 2.25. The number of imide groups is 1. The maximum atomic E-state index is 12.0. The van der Waals surface area contributed by atoms with Crippen molar-refractivity contribution in [3.63, 3.8) is 0 Å². The van der Waals surface area contributed by atoms with E-state index in [0.29, 0.717) is 11.1 Å². The Labute approximate surface area is 146 Å². The van der Waals surface area contributed by atoms with Crippen LogP contribution in [0, 0.1) is 0 Å². The maximum Gasteiger partial charge on any atom is 0.343 e. The van der Waals surface area contributed by atoms with Gasteiger partial charge in [0.2, 0.25) is 0 Å². The molecule has 1 heterocycles. The molecule has 24 heavy (non-hydrogen) atoms. The lowest BCUT2D eigenvalue weighted by atomic mass is 10.2. The van der Waals surface area contributed by atoms with Crippen molar-refractivity contribution in [3.8, 4) is 5.75 Å². The van der Waals surface area contributed by atoms with E-state index in [1.807, 2.05) is 0 Å². The number of nitrogens with one attached hydrogen (secondary N) is 1. The van der Waals surface area contributed by atoms with Crippen LogP contribution in [-0.2, 0) is 4.79 Å². The molecule has 1 aliphatic rings. The third-order valence-electron chi connectivity index (χ3n) is 3.11. The van der Waals surface area contributed by atoms with Crippen molar-refractivity contribution >= 4 is 46.6 Å². The van der Waals surface area contributed by atoms with E-state index in [0.717, 1.165) is 11.8 Å². The fourth-order valence-corrected chi connectivity index (χ4v) is 2.90. The molecular weight excluding hydrogens is 350 g/mol. The SMILES string of the molecule is O=C1NC(=O)/C(=C/c2ccc(OC(=O)c3ccccc3)c(Cl)c2)S1. The summed E-state index contributed by atoms with van der Waals surface area (Å²) in [6.07, 6.45) is 1.54. The Morgan fingerprint density at radius 1 is 1.12 bits per heavy atom. The van der Waals surface area contributed by atoms with Crippen LogP contribution in [0.3, 0.4) is 0 Å².